The summed E-state index contributed by atoms with van der Waals surface area (Å²) in [6.45, 7) is 0. The lowest BCUT2D eigenvalue weighted by molar-refractivity contribution is -0.00841. The third-order valence-corrected chi connectivity index (χ3v) is 3.54. The van der Waals surface area contributed by atoms with Gasteiger partial charge in [0.1, 0.15) is 5.75 Å². The second kappa shape index (κ2) is 4.70. The van der Waals surface area contributed by atoms with Crippen molar-refractivity contribution >= 4 is 15.9 Å². The number of methoxy groups -OCH3 is 1. The van der Waals surface area contributed by atoms with E-state index in [1.54, 1.807) is 18.2 Å². The number of benzene rings is 1. The molecule has 0 amide bonds. The molecule has 0 N–H and O–H groups in total. The second-order valence-corrected chi connectivity index (χ2v) is 5.35. The van der Waals surface area contributed by atoms with Crippen molar-refractivity contribution in [2.45, 2.75) is 12.3 Å². The summed E-state index contributed by atoms with van der Waals surface area (Å²) in [5.74, 6) is -2.51. The molecule has 6 heteroatoms. The number of aromatic nitrogens is 1. The van der Waals surface area contributed by atoms with Gasteiger partial charge in [-0.1, -0.05) is 22.0 Å². The molecule has 2 heterocycles. The highest BCUT2D eigenvalue weighted by molar-refractivity contribution is 9.10. The van der Waals surface area contributed by atoms with Gasteiger partial charge in [-0.25, -0.2) is 4.98 Å². The maximum absolute atomic E-state index is 14.3. The van der Waals surface area contributed by atoms with Gasteiger partial charge in [-0.3, -0.25) is 0 Å². The van der Waals surface area contributed by atoms with Gasteiger partial charge < -0.3 is 9.47 Å². The van der Waals surface area contributed by atoms with E-state index in [2.05, 4.69) is 20.9 Å². The van der Waals surface area contributed by atoms with Crippen LogP contribution in [0.25, 0.3) is 0 Å². The molecule has 1 aromatic carbocycles. The number of alkyl halides is 2. The molecule has 3 nitrogen and oxygen atoms in total. The summed E-state index contributed by atoms with van der Waals surface area (Å²) in [6, 6.07) is 7.95. The van der Waals surface area contributed by atoms with Crippen LogP contribution in [0.5, 0.6) is 17.4 Å². The summed E-state index contributed by atoms with van der Waals surface area (Å²) in [4.78, 5) is 3.84. The Balaban J connectivity index is 2.17. The maximum Gasteiger partial charge on any atom is 0.297 e. The summed E-state index contributed by atoms with van der Waals surface area (Å²) in [5, 5.41) is 0. The van der Waals surface area contributed by atoms with Crippen LogP contribution >= 0.6 is 15.9 Å². The first-order valence-electron chi connectivity index (χ1n) is 5.89. The van der Waals surface area contributed by atoms with E-state index in [1.807, 2.05) is 0 Å². The van der Waals surface area contributed by atoms with Crippen LogP contribution in [0.2, 0.25) is 0 Å². The number of halogens is 3. The lowest BCUT2D eigenvalue weighted by Crippen LogP contribution is -2.18. The van der Waals surface area contributed by atoms with Gasteiger partial charge in [-0.15, -0.1) is 0 Å². The summed E-state index contributed by atoms with van der Waals surface area (Å²) >= 11 is 3.30. The van der Waals surface area contributed by atoms with Crippen molar-refractivity contribution < 1.29 is 18.3 Å². The average Bonchev–Trinajstić information content (AvgIpc) is 2.52. The van der Waals surface area contributed by atoms with Crippen molar-refractivity contribution in [1.29, 1.82) is 0 Å². The van der Waals surface area contributed by atoms with Crippen molar-refractivity contribution in [1.82, 2.24) is 4.98 Å². The molecule has 0 unspecified atom stereocenters. The Bertz CT molecular complexity index is 676. The van der Waals surface area contributed by atoms with E-state index in [0.717, 1.165) is 4.47 Å². The van der Waals surface area contributed by atoms with Gasteiger partial charge in [0, 0.05) is 22.5 Å². The molecule has 0 aliphatic carbocycles. The van der Waals surface area contributed by atoms with Crippen LogP contribution in [0.4, 0.5) is 8.78 Å². The highest BCUT2D eigenvalue weighted by atomic mass is 79.9. The maximum atomic E-state index is 14.3. The Morgan fingerprint density at radius 3 is 2.80 bits per heavy atom. The largest absolute Gasteiger partial charge is 0.481 e. The molecule has 1 aromatic heterocycles. The molecule has 0 spiro atoms. The van der Waals surface area contributed by atoms with Gasteiger partial charge in [-0.2, -0.15) is 8.78 Å². The van der Waals surface area contributed by atoms with Crippen molar-refractivity contribution in [2.75, 3.05) is 7.11 Å². The first-order valence-corrected chi connectivity index (χ1v) is 6.68. The van der Waals surface area contributed by atoms with Crippen molar-refractivity contribution in [2.24, 2.45) is 0 Å². The molecule has 0 atom stereocenters. The third-order valence-electron chi connectivity index (χ3n) is 3.05. The number of ether oxygens (including phenoxy) is 2. The zero-order valence-corrected chi connectivity index (χ0v) is 12.1. The van der Waals surface area contributed by atoms with Gasteiger partial charge in [0.05, 0.1) is 7.11 Å². The smallest absolute Gasteiger partial charge is 0.297 e. The van der Waals surface area contributed by atoms with E-state index in [-0.39, 0.29) is 11.6 Å². The van der Waals surface area contributed by atoms with Gasteiger partial charge in [0.2, 0.25) is 5.88 Å². The fourth-order valence-electron chi connectivity index (χ4n) is 2.10. The first kappa shape index (κ1) is 13.3. The van der Waals surface area contributed by atoms with Crippen LogP contribution in [-0.2, 0) is 12.3 Å². The number of hydrogen-bond donors (Lipinski definition) is 0. The fourth-order valence-corrected chi connectivity index (χ4v) is 2.44. The van der Waals surface area contributed by atoms with E-state index in [4.69, 9.17) is 9.47 Å². The minimum absolute atomic E-state index is 0.0488. The molecule has 20 heavy (non-hydrogen) atoms. The molecule has 0 fully saturated rings. The van der Waals surface area contributed by atoms with Crippen LogP contribution in [0, 0.1) is 0 Å². The van der Waals surface area contributed by atoms with E-state index >= 15 is 0 Å². The van der Waals surface area contributed by atoms with E-state index in [0.29, 0.717) is 11.3 Å². The topological polar surface area (TPSA) is 31.4 Å². The molecule has 2 aromatic rings. The van der Waals surface area contributed by atoms with Crippen LogP contribution in [0.3, 0.4) is 0 Å². The number of pyridine rings is 1. The summed E-state index contributed by atoms with van der Waals surface area (Å²) < 4.78 is 39.9. The highest BCUT2D eigenvalue weighted by Crippen LogP contribution is 2.44. The molecule has 0 saturated heterocycles. The van der Waals surface area contributed by atoms with Crippen LogP contribution in [0.1, 0.15) is 11.3 Å². The molecule has 1 aliphatic heterocycles. The summed E-state index contributed by atoms with van der Waals surface area (Å²) in [6.07, 6.45) is -0.456. The Hall–Kier alpha value is -1.69. The Morgan fingerprint density at radius 2 is 2.05 bits per heavy atom. The number of hydrogen-bond acceptors (Lipinski definition) is 3. The molecular formula is C14H10BrF2NO2. The second-order valence-electron chi connectivity index (χ2n) is 4.44. The molecular weight excluding hydrogens is 332 g/mol. The molecule has 1 aliphatic rings. The van der Waals surface area contributed by atoms with E-state index in [1.165, 1.54) is 19.2 Å². The molecule has 0 saturated carbocycles. The quantitative estimate of drug-likeness (QED) is 0.775. The average molecular weight is 342 g/mol. The van der Waals surface area contributed by atoms with Gasteiger partial charge in [0.25, 0.3) is 5.92 Å². The molecule has 0 radical (unpaired) electrons. The Labute approximate surface area is 122 Å². The monoisotopic (exact) mass is 341 g/mol. The lowest BCUT2D eigenvalue weighted by atomic mass is 10.0. The van der Waals surface area contributed by atoms with Crippen LogP contribution < -0.4 is 9.47 Å². The first-order chi connectivity index (χ1) is 9.49. The van der Waals surface area contributed by atoms with Crippen molar-refractivity contribution in [3.63, 3.8) is 0 Å². The summed E-state index contributed by atoms with van der Waals surface area (Å²) in [7, 11) is 1.39. The molecule has 104 valence electrons. The normalized spacial score (nSPS) is 15.6. The Morgan fingerprint density at radius 1 is 1.25 bits per heavy atom. The SMILES string of the molecule is COc1ccc2c(n1)C(F)(F)Cc1ccc(Br)cc1O2. The minimum atomic E-state index is -3.11. The predicted octanol–water partition coefficient (Wildman–Crippen LogP) is 4.29. The zero-order valence-electron chi connectivity index (χ0n) is 10.5. The van der Waals surface area contributed by atoms with Crippen LogP contribution in [-0.4, -0.2) is 12.1 Å². The molecule has 3 rings (SSSR count). The number of fused-ring (bicyclic) bond motifs is 2. The van der Waals surface area contributed by atoms with Crippen LogP contribution in [0.15, 0.2) is 34.8 Å². The lowest BCUT2D eigenvalue weighted by Gasteiger charge is -2.15. The zero-order chi connectivity index (χ0) is 14.3. The fraction of sp³-hybridized carbons (Fsp3) is 0.214. The third kappa shape index (κ3) is 2.24. The van der Waals surface area contributed by atoms with Crippen molar-refractivity contribution in [3.8, 4) is 17.4 Å². The standard InChI is InChI=1S/C14H10BrF2NO2/c1-19-12-5-4-10-13(18-12)14(16,17)7-8-2-3-9(15)6-11(8)20-10/h2-6H,7H2,1H3. The van der Waals surface area contributed by atoms with Gasteiger partial charge in [0.15, 0.2) is 11.4 Å². The molecule has 0 bridgehead atoms. The van der Waals surface area contributed by atoms with Gasteiger partial charge >= 0.3 is 0 Å². The van der Waals surface area contributed by atoms with E-state index in [9.17, 15) is 8.78 Å². The van der Waals surface area contributed by atoms with Gasteiger partial charge in [-0.05, 0) is 18.2 Å². The number of rotatable bonds is 1. The highest BCUT2D eigenvalue weighted by Gasteiger charge is 2.40. The summed E-state index contributed by atoms with van der Waals surface area (Å²) in [5.41, 5.74) is 0.0411. The predicted molar refractivity (Wildman–Crippen MR) is 72.6 cm³/mol. The van der Waals surface area contributed by atoms with E-state index < -0.39 is 18.0 Å². The van der Waals surface area contributed by atoms with Crippen molar-refractivity contribution in [3.05, 3.63) is 46.1 Å². The number of nitrogens with zero attached hydrogens (tertiary/aromatic N) is 1. The Kier molecular flexibility index (Phi) is 3.12. The minimum Gasteiger partial charge on any atom is -0.481 e.